The van der Waals surface area contributed by atoms with Crippen molar-refractivity contribution in [2.45, 2.75) is 6.42 Å². The molecule has 0 unspecified atom stereocenters. The molecule has 0 bridgehead atoms. The average Bonchev–Trinajstić information content (AvgIpc) is 3.27. The van der Waals surface area contributed by atoms with Gasteiger partial charge in [-0.1, -0.05) is 6.07 Å². The number of aromatic nitrogens is 1. The predicted molar refractivity (Wildman–Crippen MR) is 96.7 cm³/mol. The maximum absolute atomic E-state index is 12.0. The number of pyridine rings is 1. The van der Waals surface area contributed by atoms with Crippen LogP contribution in [0.2, 0.25) is 0 Å². The van der Waals surface area contributed by atoms with E-state index < -0.39 is 0 Å². The van der Waals surface area contributed by atoms with Gasteiger partial charge in [0.15, 0.2) is 11.5 Å². The first kappa shape index (κ1) is 15.5. The van der Waals surface area contributed by atoms with Gasteiger partial charge in [0.25, 0.3) is 0 Å². The van der Waals surface area contributed by atoms with Crippen LogP contribution in [0.15, 0.2) is 54.0 Å². The molecule has 2 N–H and O–H groups in total. The zero-order chi connectivity index (χ0) is 17.1. The Hall–Kier alpha value is -3.06. The monoisotopic (exact) mass is 353 g/mol. The van der Waals surface area contributed by atoms with Crippen molar-refractivity contribution in [3.63, 3.8) is 0 Å². The lowest BCUT2D eigenvalue weighted by Gasteiger charge is -2.08. The van der Waals surface area contributed by atoms with Gasteiger partial charge in [-0.3, -0.25) is 4.79 Å². The lowest BCUT2D eigenvalue weighted by Crippen LogP contribution is -2.13. The van der Waals surface area contributed by atoms with Crippen LogP contribution in [0.25, 0.3) is 0 Å². The first-order valence-corrected chi connectivity index (χ1v) is 8.59. The van der Waals surface area contributed by atoms with E-state index in [-0.39, 0.29) is 12.7 Å². The van der Waals surface area contributed by atoms with Gasteiger partial charge in [-0.25, -0.2) is 4.98 Å². The summed E-state index contributed by atoms with van der Waals surface area (Å²) < 4.78 is 10.6. The molecule has 0 saturated carbocycles. The minimum absolute atomic E-state index is 0.0549. The summed E-state index contributed by atoms with van der Waals surface area (Å²) in [5, 5.41) is 8.00. The highest BCUT2D eigenvalue weighted by Gasteiger charge is 2.13. The number of fused-ring (bicyclic) bond motifs is 1. The van der Waals surface area contributed by atoms with E-state index in [1.54, 1.807) is 17.5 Å². The summed E-state index contributed by atoms with van der Waals surface area (Å²) in [5.74, 6) is 2.07. The van der Waals surface area contributed by atoms with Crippen LogP contribution < -0.4 is 20.1 Å². The molecule has 126 valence electrons. The van der Waals surface area contributed by atoms with Crippen LogP contribution in [0.3, 0.4) is 0 Å². The molecule has 0 spiro atoms. The number of carbonyl (C=O) groups is 1. The molecule has 3 heterocycles. The van der Waals surface area contributed by atoms with Crippen molar-refractivity contribution in [3.8, 4) is 11.5 Å². The molecule has 1 aliphatic rings. The van der Waals surface area contributed by atoms with Gasteiger partial charge >= 0.3 is 0 Å². The van der Waals surface area contributed by atoms with Crippen LogP contribution in [0.1, 0.15) is 4.88 Å². The van der Waals surface area contributed by atoms with Crippen molar-refractivity contribution >= 4 is 34.4 Å². The molecule has 0 saturated heterocycles. The largest absolute Gasteiger partial charge is 0.454 e. The second kappa shape index (κ2) is 6.82. The molecule has 1 aromatic carbocycles. The van der Waals surface area contributed by atoms with Gasteiger partial charge in [-0.05, 0) is 35.7 Å². The highest BCUT2D eigenvalue weighted by Crippen LogP contribution is 2.34. The molecule has 0 radical (unpaired) electrons. The van der Waals surface area contributed by atoms with E-state index in [1.165, 1.54) is 0 Å². The fourth-order valence-electron chi connectivity index (χ4n) is 2.44. The van der Waals surface area contributed by atoms with Crippen LogP contribution in [-0.4, -0.2) is 17.7 Å². The predicted octanol–water partition coefficient (Wildman–Crippen LogP) is 3.80. The average molecular weight is 353 g/mol. The third-order valence-electron chi connectivity index (χ3n) is 3.61. The third kappa shape index (κ3) is 3.72. The third-order valence-corrected chi connectivity index (χ3v) is 4.48. The maximum Gasteiger partial charge on any atom is 0.231 e. The Morgan fingerprint density at radius 1 is 1.12 bits per heavy atom. The number of anilines is 3. The molecule has 1 amide bonds. The molecule has 0 fully saturated rings. The summed E-state index contributed by atoms with van der Waals surface area (Å²) in [6, 6.07) is 13.1. The lowest BCUT2D eigenvalue weighted by atomic mass is 10.2. The van der Waals surface area contributed by atoms with Crippen molar-refractivity contribution in [2.24, 2.45) is 0 Å². The van der Waals surface area contributed by atoms with Gasteiger partial charge < -0.3 is 20.1 Å². The van der Waals surface area contributed by atoms with Gasteiger partial charge in [0.1, 0.15) is 5.82 Å². The quantitative estimate of drug-likeness (QED) is 0.730. The number of hydrogen-bond acceptors (Lipinski definition) is 6. The number of hydrogen-bond donors (Lipinski definition) is 2. The van der Waals surface area contributed by atoms with E-state index >= 15 is 0 Å². The number of ether oxygens (including phenoxy) is 2. The summed E-state index contributed by atoms with van der Waals surface area (Å²) in [4.78, 5) is 17.3. The van der Waals surface area contributed by atoms with E-state index in [0.29, 0.717) is 23.7 Å². The highest BCUT2D eigenvalue weighted by molar-refractivity contribution is 7.10. The van der Waals surface area contributed by atoms with Crippen LogP contribution in [0, 0.1) is 0 Å². The molecule has 0 atom stereocenters. The summed E-state index contributed by atoms with van der Waals surface area (Å²) >= 11 is 1.57. The van der Waals surface area contributed by atoms with E-state index in [0.717, 1.165) is 16.3 Å². The second-order valence-corrected chi connectivity index (χ2v) is 6.46. The van der Waals surface area contributed by atoms with Gasteiger partial charge in [-0.15, -0.1) is 11.3 Å². The number of carbonyl (C=O) groups excluding carboxylic acids is 1. The fraction of sp³-hybridized carbons (Fsp3) is 0.111. The Balaban J connectivity index is 1.37. The molecule has 4 rings (SSSR count). The molecule has 2 aromatic heterocycles. The summed E-state index contributed by atoms with van der Waals surface area (Å²) in [5.41, 5.74) is 1.52. The van der Waals surface area contributed by atoms with Crippen LogP contribution >= 0.6 is 11.3 Å². The number of rotatable bonds is 5. The standard InChI is InChI=1S/C18H15N3O3S/c22-18(9-14-2-1-7-25-14)21-13-4-6-17(19-10-13)20-12-3-5-15-16(8-12)24-11-23-15/h1-8,10H,9,11H2,(H,19,20)(H,21,22). The maximum atomic E-state index is 12.0. The molecule has 1 aliphatic heterocycles. The van der Waals surface area contributed by atoms with Crippen molar-refractivity contribution in [1.82, 2.24) is 4.98 Å². The molecule has 6 nitrogen and oxygen atoms in total. The normalized spacial score (nSPS) is 12.0. The second-order valence-electron chi connectivity index (χ2n) is 5.43. The molecule has 25 heavy (non-hydrogen) atoms. The first-order valence-electron chi connectivity index (χ1n) is 7.71. The van der Waals surface area contributed by atoms with Crippen LogP contribution in [0.4, 0.5) is 17.2 Å². The van der Waals surface area contributed by atoms with Crippen LogP contribution in [-0.2, 0) is 11.2 Å². The zero-order valence-corrected chi connectivity index (χ0v) is 14.0. The SMILES string of the molecule is O=C(Cc1cccs1)Nc1ccc(Nc2ccc3c(c2)OCO3)nc1. The Labute approximate surface area is 148 Å². The minimum Gasteiger partial charge on any atom is -0.454 e. The molecular weight excluding hydrogens is 338 g/mol. The van der Waals surface area contributed by atoms with E-state index in [4.69, 9.17) is 9.47 Å². The van der Waals surface area contributed by atoms with Crippen LogP contribution in [0.5, 0.6) is 11.5 Å². The number of nitrogens with one attached hydrogen (secondary N) is 2. The molecular formula is C18H15N3O3S. The zero-order valence-electron chi connectivity index (χ0n) is 13.2. The number of benzene rings is 1. The van der Waals surface area contributed by atoms with Gasteiger partial charge in [-0.2, -0.15) is 0 Å². The molecule has 0 aliphatic carbocycles. The van der Waals surface area contributed by atoms with E-state index in [9.17, 15) is 4.79 Å². The Morgan fingerprint density at radius 2 is 2.00 bits per heavy atom. The Bertz CT molecular complexity index is 879. The first-order chi connectivity index (χ1) is 12.3. The van der Waals surface area contributed by atoms with Gasteiger partial charge in [0.2, 0.25) is 12.7 Å². The van der Waals surface area contributed by atoms with Crippen molar-refractivity contribution < 1.29 is 14.3 Å². The number of amides is 1. The molecule has 3 aromatic rings. The Morgan fingerprint density at radius 3 is 2.80 bits per heavy atom. The van der Waals surface area contributed by atoms with Gasteiger partial charge in [0, 0.05) is 16.6 Å². The van der Waals surface area contributed by atoms with E-state index in [2.05, 4.69) is 15.6 Å². The summed E-state index contributed by atoms with van der Waals surface area (Å²) in [7, 11) is 0. The summed E-state index contributed by atoms with van der Waals surface area (Å²) in [6.07, 6.45) is 2.00. The summed E-state index contributed by atoms with van der Waals surface area (Å²) in [6.45, 7) is 0.247. The lowest BCUT2D eigenvalue weighted by molar-refractivity contribution is -0.115. The van der Waals surface area contributed by atoms with E-state index in [1.807, 2.05) is 47.8 Å². The highest BCUT2D eigenvalue weighted by atomic mass is 32.1. The Kier molecular flexibility index (Phi) is 4.22. The van der Waals surface area contributed by atoms with Crippen molar-refractivity contribution in [1.29, 1.82) is 0 Å². The molecule has 7 heteroatoms. The van der Waals surface area contributed by atoms with Gasteiger partial charge in [0.05, 0.1) is 18.3 Å². The van der Waals surface area contributed by atoms with Crippen molar-refractivity contribution in [3.05, 3.63) is 58.9 Å². The number of nitrogens with zero attached hydrogens (tertiary/aromatic N) is 1. The van der Waals surface area contributed by atoms with Crippen molar-refractivity contribution in [2.75, 3.05) is 17.4 Å². The minimum atomic E-state index is -0.0549. The number of thiophene rings is 1. The fourth-order valence-corrected chi connectivity index (χ4v) is 3.14. The topological polar surface area (TPSA) is 72.5 Å². The smallest absolute Gasteiger partial charge is 0.231 e.